The monoisotopic (exact) mass is 367 g/mol. The van der Waals surface area contributed by atoms with Crippen molar-refractivity contribution in [2.75, 3.05) is 13.1 Å². The molecule has 1 aromatic carbocycles. The molecule has 4 rings (SSSR count). The quantitative estimate of drug-likeness (QED) is 0.889. The number of alkyl halides is 3. The van der Waals surface area contributed by atoms with Crippen molar-refractivity contribution in [3.8, 4) is 0 Å². The van der Waals surface area contributed by atoms with E-state index in [1.54, 1.807) is 11.0 Å². The molecule has 2 unspecified atom stereocenters. The molecule has 0 bridgehead atoms. The topological polar surface area (TPSA) is 57.6 Å². The average Bonchev–Trinajstić information content (AvgIpc) is 3.13. The van der Waals surface area contributed by atoms with Crippen molar-refractivity contribution in [3.05, 3.63) is 35.4 Å². The van der Waals surface area contributed by atoms with Gasteiger partial charge in [0.15, 0.2) is 0 Å². The number of carbonyl (C=O) groups excluding carboxylic acids is 1. The zero-order valence-electron chi connectivity index (χ0n) is 14.1. The second-order valence-corrected chi connectivity index (χ2v) is 7.84. The first kappa shape index (κ1) is 17.4. The van der Waals surface area contributed by atoms with Gasteiger partial charge in [-0.1, -0.05) is 24.6 Å². The molecule has 2 saturated carbocycles. The standard InChI is InChI=1S/C19H20F3NO3/c20-19(21,22)12-4-1-3-11(7-12)14-8-15(14)16(24)23-9-13-5-2-6-18(13,10-23)17(25)26/h1,3-4,7,13-15H,2,5-6,8-10H2,(H,25,26)/t13-,14?,15?,18+/m0/s1. The van der Waals surface area contributed by atoms with E-state index in [0.29, 0.717) is 24.9 Å². The average molecular weight is 367 g/mol. The van der Waals surface area contributed by atoms with Gasteiger partial charge in [-0.3, -0.25) is 9.59 Å². The highest BCUT2D eigenvalue weighted by molar-refractivity contribution is 5.85. The molecule has 1 saturated heterocycles. The van der Waals surface area contributed by atoms with Crippen LogP contribution in [0.25, 0.3) is 0 Å². The summed E-state index contributed by atoms with van der Waals surface area (Å²) in [5, 5.41) is 9.62. The second-order valence-electron chi connectivity index (χ2n) is 7.84. The maximum atomic E-state index is 12.9. The minimum Gasteiger partial charge on any atom is -0.481 e. The molecule has 3 fully saturated rings. The molecule has 0 aromatic heterocycles. The molecule has 2 aliphatic carbocycles. The maximum absolute atomic E-state index is 12.9. The van der Waals surface area contributed by atoms with Gasteiger partial charge in [0, 0.05) is 19.0 Å². The largest absolute Gasteiger partial charge is 0.481 e. The number of hydrogen-bond donors (Lipinski definition) is 1. The Morgan fingerprint density at radius 2 is 2.04 bits per heavy atom. The summed E-state index contributed by atoms with van der Waals surface area (Å²) < 4.78 is 38.6. The van der Waals surface area contributed by atoms with Crippen molar-refractivity contribution in [2.24, 2.45) is 17.3 Å². The van der Waals surface area contributed by atoms with E-state index >= 15 is 0 Å². The highest BCUT2D eigenvalue weighted by Crippen LogP contribution is 2.53. The lowest BCUT2D eigenvalue weighted by Gasteiger charge is -2.23. The maximum Gasteiger partial charge on any atom is 0.416 e. The molecule has 0 spiro atoms. The number of likely N-dealkylation sites (tertiary alicyclic amines) is 1. The van der Waals surface area contributed by atoms with Gasteiger partial charge in [-0.2, -0.15) is 13.2 Å². The number of benzene rings is 1. The van der Waals surface area contributed by atoms with Crippen molar-refractivity contribution in [2.45, 2.75) is 37.8 Å². The van der Waals surface area contributed by atoms with E-state index in [2.05, 4.69) is 0 Å². The van der Waals surface area contributed by atoms with Crippen LogP contribution in [0.4, 0.5) is 13.2 Å². The third-order valence-electron chi connectivity index (χ3n) is 6.36. The molecule has 7 heteroatoms. The summed E-state index contributed by atoms with van der Waals surface area (Å²) in [5.41, 5.74) is -0.991. The van der Waals surface area contributed by atoms with Gasteiger partial charge in [-0.05, 0) is 42.7 Å². The second kappa shape index (κ2) is 5.72. The van der Waals surface area contributed by atoms with Gasteiger partial charge in [-0.25, -0.2) is 0 Å². The Labute approximate surface area is 149 Å². The number of fused-ring (bicyclic) bond motifs is 1. The van der Waals surface area contributed by atoms with Gasteiger partial charge >= 0.3 is 12.1 Å². The third-order valence-corrected chi connectivity index (χ3v) is 6.36. The molecular weight excluding hydrogens is 347 g/mol. The molecule has 4 nitrogen and oxygen atoms in total. The van der Waals surface area contributed by atoms with Crippen LogP contribution < -0.4 is 0 Å². The molecule has 140 valence electrons. The summed E-state index contributed by atoms with van der Waals surface area (Å²) in [7, 11) is 0. The molecule has 1 heterocycles. The predicted molar refractivity (Wildman–Crippen MR) is 86.3 cm³/mol. The number of carbonyl (C=O) groups is 2. The Bertz CT molecular complexity index is 763. The first-order valence-corrected chi connectivity index (χ1v) is 8.92. The Morgan fingerprint density at radius 1 is 1.27 bits per heavy atom. The highest BCUT2D eigenvalue weighted by atomic mass is 19.4. The Morgan fingerprint density at radius 3 is 2.69 bits per heavy atom. The number of nitrogens with zero attached hydrogens (tertiary/aromatic N) is 1. The fraction of sp³-hybridized carbons (Fsp3) is 0.579. The Hall–Kier alpha value is -2.05. The van der Waals surface area contributed by atoms with Crippen molar-refractivity contribution >= 4 is 11.9 Å². The predicted octanol–water partition coefficient (Wildman–Crippen LogP) is 3.52. The number of halogens is 3. The summed E-state index contributed by atoms with van der Waals surface area (Å²) in [6, 6.07) is 5.15. The SMILES string of the molecule is O=C(C1CC1c1cccc(C(F)(F)F)c1)N1C[C@@H]2CCC[C@@]2(C(=O)O)C1. The molecule has 0 radical (unpaired) electrons. The van der Waals surface area contributed by atoms with Crippen LogP contribution in [-0.2, 0) is 15.8 Å². The van der Waals surface area contributed by atoms with E-state index in [1.165, 1.54) is 6.07 Å². The third kappa shape index (κ3) is 2.68. The summed E-state index contributed by atoms with van der Waals surface area (Å²) in [6.07, 6.45) is -1.59. The van der Waals surface area contributed by atoms with Crippen LogP contribution in [0, 0.1) is 17.3 Å². The van der Waals surface area contributed by atoms with Crippen LogP contribution in [-0.4, -0.2) is 35.0 Å². The first-order valence-electron chi connectivity index (χ1n) is 8.92. The smallest absolute Gasteiger partial charge is 0.416 e. The Kier molecular flexibility index (Phi) is 3.82. The van der Waals surface area contributed by atoms with E-state index in [0.717, 1.165) is 25.0 Å². The lowest BCUT2D eigenvalue weighted by atomic mass is 9.81. The van der Waals surface area contributed by atoms with E-state index in [4.69, 9.17) is 0 Å². The van der Waals surface area contributed by atoms with Crippen LogP contribution in [0.15, 0.2) is 24.3 Å². The summed E-state index contributed by atoms with van der Waals surface area (Å²) in [6.45, 7) is 0.689. The molecule has 1 aromatic rings. The van der Waals surface area contributed by atoms with Crippen molar-refractivity contribution < 1.29 is 27.9 Å². The molecule has 1 aliphatic heterocycles. The van der Waals surface area contributed by atoms with Crippen molar-refractivity contribution in [3.63, 3.8) is 0 Å². The fourth-order valence-corrected chi connectivity index (χ4v) is 4.82. The summed E-state index contributed by atoms with van der Waals surface area (Å²) >= 11 is 0. The van der Waals surface area contributed by atoms with Crippen LogP contribution in [0.5, 0.6) is 0 Å². The molecular formula is C19H20F3NO3. The number of hydrogen-bond acceptors (Lipinski definition) is 2. The van der Waals surface area contributed by atoms with Crippen LogP contribution >= 0.6 is 0 Å². The lowest BCUT2D eigenvalue weighted by Crippen LogP contribution is -2.37. The molecule has 1 N–H and O–H groups in total. The molecule has 1 amide bonds. The zero-order chi connectivity index (χ0) is 18.7. The molecule has 3 aliphatic rings. The number of carboxylic acids is 1. The van der Waals surface area contributed by atoms with Crippen LogP contribution in [0.2, 0.25) is 0 Å². The Balaban J connectivity index is 1.46. The summed E-state index contributed by atoms with van der Waals surface area (Å²) in [5.74, 6) is -1.48. The number of amides is 1. The number of carboxylic acid groups (broad SMARTS) is 1. The van der Waals surface area contributed by atoms with Gasteiger partial charge in [-0.15, -0.1) is 0 Å². The molecule has 4 atom stereocenters. The lowest BCUT2D eigenvalue weighted by molar-refractivity contribution is -0.149. The highest BCUT2D eigenvalue weighted by Gasteiger charge is 2.58. The fourth-order valence-electron chi connectivity index (χ4n) is 4.82. The van der Waals surface area contributed by atoms with Crippen molar-refractivity contribution in [1.82, 2.24) is 4.90 Å². The van der Waals surface area contributed by atoms with Gasteiger partial charge < -0.3 is 10.0 Å². The van der Waals surface area contributed by atoms with Crippen LogP contribution in [0.1, 0.15) is 42.7 Å². The normalized spacial score (nSPS) is 33.2. The van der Waals surface area contributed by atoms with Gasteiger partial charge in [0.1, 0.15) is 0 Å². The minimum atomic E-state index is -4.40. The molecule has 26 heavy (non-hydrogen) atoms. The van der Waals surface area contributed by atoms with Crippen LogP contribution in [0.3, 0.4) is 0 Å². The van der Waals surface area contributed by atoms with Gasteiger partial charge in [0.05, 0.1) is 11.0 Å². The van der Waals surface area contributed by atoms with E-state index in [9.17, 15) is 27.9 Å². The zero-order valence-corrected chi connectivity index (χ0v) is 14.1. The number of rotatable bonds is 3. The van der Waals surface area contributed by atoms with Gasteiger partial charge in [0.2, 0.25) is 5.91 Å². The van der Waals surface area contributed by atoms with E-state index in [-0.39, 0.29) is 30.2 Å². The first-order chi connectivity index (χ1) is 12.2. The van der Waals surface area contributed by atoms with Crippen molar-refractivity contribution in [1.29, 1.82) is 0 Å². The van der Waals surface area contributed by atoms with Gasteiger partial charge in [0.25, 0.3) is 0 Å². The van der Waals surface area contributed by atoms with E-state index in [1.807, 2.05) is 0 Å². The van der Waals surface area contributed by atoms with E-state index < -0.39 is 23.1 Å². The number of aliphatic carboxylic acids is 1. The summed E-state index contributed by atoms with van der Waals surface area (Å²) in [4.78, 5) is 26.1. The minimum absolute atomic E-state index is 0.00490.